The molecule has 230 valence electrons. The monoisotopic (exact) mass is 608 g/mol. The number of amides is 2. The van der Waals surface area contributed by atoms with Crippen LogP contribution in [0, 0.1) is 5.92 Å². The molecule has 4 atom stereocenters. The number of nitrogens with one attached hydrogen (secondary N) is 1. The zero-order valence-electron chi connectivity index (χ0n) is 25.4. The molecule has 0 saturated heterocycles. The lowest BCUT2D eigenvalue weighted by molar-refractivity contribution is -0.133. The van der Waals surface area contributed by atoms with E-state index in [0.717, 1.165) is 11.1 Å². The Labute approximate surface area is 254 Å². The molecule has 2 amide bonds. The number of rotatable bonds is 12. The Hall–Kier alpha value is -3.73. The highest BCUT2D eigenvalue weighted by Crippen LogP contribution is 2.48. The number of carbonyl (C=O) groups is 2. The number of hydrogen-bond donors (Lipinski definition) is 2. The molecule has 8 nitrogen and oxygen atoms in total. The fourth-order valence-electron chi connectivity index (χ4n) is 5.68. The van der Waals surface area contributed by atoms with Crippen molar-refractivity contribution in [3.63, 3.8) is 0 Å². The molecule has 1 heterocycles. The van der Waals surface area contributed by atoms with Crippen LogP contribution in [0.1, 0.15) is 40.9 Å². The quantitative estimate of drug-likeness (QED) is 0.194. The summed E-state index contributed by atoms with van der Waals surface area (Å²) in [5, 5.41) is 12.6. The molecule has 4 rings (SSSR count). The molecule has 0 fully saturated rings. The molecule has 0 aliphatic carbocycles. The Balaban J connectivity index is 1.55. The average molecular weight is 609 g/mol. The molecule has 3 aromatic carbocycles. The van der Waals surface area contributed by atoms with Gasteiger partial charge in [0.05, 0.1) is 19.8 Å². The number of halogens is 1. The van der Waals surface area contributed by atoms with Crippen molar-refractivity contribution in [2.24, 2.45) is 5.92 Å². The van der Waals surface area contributed by atoms with Gasteiger partial charge < -0.3 is 33.6 Å². The average Bonchev–Trinajstić information content (AvgIpc) is 2.99. The maximum Gasteiger partial charge on any atom is 0.255 e. The number of nitrogens with zero attached hydrogens (tertiary/aromatic N) is 1. The molecule has 0 aromatic heterocycles. The van der Waals surface area contributed by atoms with Gasteiger partial charge in [0.25, 0.3) is 5.91 Å². The molecule has 43 heavy (non-hydrogen) atoms. The first-order valence-corrected chi connectivity index (χ1v) is 17.4. The van der Waals surface area contributed by atoms with Gasteiger partial charge in [0.2, 0.25) is 14.3 Å². The van der Waals surface area contributed by atoms with Gasteiger partial charge in [-0.2, -0.15) is 0 Å². The molecule has 0 radical (unpaired) electrons. The zero-order valence-corrected chi connectivity index (χ0v) is 26.4. The molecule has 1 unspecified atom stereocenters. The van der Waals surface area contributed by atoms with E-state index in [1.54, 1.807) is 68.6 Å². The smallest absolute Gasteiger partial charge is 0.255 e. The molecule has 3 aromatic rings. The highest BCUT2D eigenvalue weighted by molar-refractivity contribution is 6.72. The summed E-state index contributed by atoms with van der Waals surface area (Å²) in [6, 6.07) is 21.7. The molecule has 1 aliphatic heterocycles. The Morgan fingerprint density at radius 3 is 2.37 bits per heavy atom. The van der Waals surface area contributed by atoms with Gasteiger partial charge in [-0.05, 0) is 61.1 Å². The maximum atomic E-state index is 16.0. The van der Waals surface area contributed by atoms with Gasteiger partial charge in [-0.3, -0.25) is 9.59 Å². The number of fused-ring (bicyclic) bond motifs is 1. The van der Waals surface area contributed by atoms with Crippen molar-refractivity contribution in [1.82, 2.24) is 4.90 Å². The summed E-state index contributed by atoms with van der Waals surface area (Å²) in [5.41, 5.74) is 2.07. The molecule has 0 bridgehead atoms. The fraction of sp³-hybridized carbons (Fsp3) is 0.394. The topological polar surface area (TPSA) is 97.3 Å². The Bertz CT molecular complexity index is 1380. The van der Waals surface area contributed by atoms with Crippen LogP contribution in [0.2, 0.25) is 18.6 Å². The number of methoxy groups -OCH3 is 2. The van der Waals surface area contributed by atoms with Gasteiger partial charge in [-0.25, -0.2) is 0 Å². The van der Waals surface area contributed by atoms with Gasteiger partial charge in [-0.15, -0.1) is 0 Å². The number of anilines is 1. The van der Waals surface area contributed by atoms with E-state index >= 15 is 4.11 Å². The van der Waals surface area contributed by atoms with Crippen LogP contribution in [-0.4, -0.2) is 63.7 Å². The molecule has 0 saturated carbocycles. The number of hydrogen-bond acceptors (Lipinski definition) is 6. The number of aliphatic hydroxyl groups is 1. The first-order valence-electron chi connectivity index (χ1n) is 14.5. The lowest BCUT2D eigenvalue weighted by atomic mass is 9.86. The largest absolute Gasteiger partial charge is 0.497 e. The van der Waals surface area contributed by atoms with Crippen LogP contribution in [0.5, 0.6) is 11.5 Å². The minimum absolute atomic E-state index is 0.0423. The van der Waals surface area contributed by atoms with Crippen LogP contribution in [0.3, 0.4) is 0 Å². The van der Waals surface area contributed by atoms with Crippen LogP contribution in [-0.2, 0) is 16.1 Å². The van der Waals surface area contributed by atoms with Gasteiger partial charge in [-0.1, -0.05) is 37.3 Å². The van der Waals surface area contributed by atoms with Crippen molar-refractivity contribution in [3.05, 3.63) is 89.5 Å². The van der Waals surface area contributed by atoms with Crippen LogP contribution < -0.4 is 14.8 Å². The molecule has 1 aliphatic rings. The van der Waals surface area contributed by atoms with Gasteiger partial charge in [0.15, 0.2) is 0 Å². The number of carbonyl (C=O) groups excluding carboxylic acids is 2. The molecule has 10 heteroatoms. The number of aliphatic hydroxyl groups excluding tert-OH is 1. The van der Waals surface area contributed by atoms with Crippen LogP contribution in [0.25, 0.3) is 0 Å². The van der Waals surface area contributed by atoms with E-state index in [2.05, 4.69) is 5.32 Å². The van der Waals surface area contributed by atoms with Crippen LogP contribution >= 0.6 is 0 Å². The summed E-state index contributed by atoms with van der Waals surface area (Å²) in [4.78, 5) is 28.0. The third-order valence-electron chi connectivity index (χ3n) is 8.05. The molecule has 2 N–H and O–H groups in total. The van der Waals surface area contributed by atoms with Crippen molar-refractivity contribution in [1.29, 1.82) is 0 Å². The normalized spacial score (nSPS) is 18.6. The molecule has 0 spiro atoms. The van der Waals surface area contributed by atoms with Crippen LogP contribution in [0.4, 0.5) is 9.80 Å². The Morgan fingerprint density at radius 2 is 1.77 bits per heavy atom. The van der Waals surface area contributed by atoms with Crippen molar-refractivity contribution >= 4 is 25.9 Å². The minimum atomic E-state index is -3.44. The number of ether oxygens (including phenoxy) is 3. The fourth-order valence-corrected chi connectivity index (χ4v) is 7.50. The second-order valence-electron chi connectivity index (χ2n) is 11.4. The first-order chi connectivity index (χ1) is 20.5. The second kappa shape index (κ2) is 14.2. The summed E-state index contributed by atoms with van der Waals surface area (Å²) in [6.07, 6.45) is -1.10. The molecular formula is C33H41FN2O6Si. The van der Waals surface area contributed by atoms with Crippen LogP contribution in [0.15, 0.2) is 72.8 Å². The predicted octanol–water partition coefficient (Wildman–Crippen LogP) is 5.99. The van der Waals surface area contributed by atoms with Gasteiger partial charge in [0, 0.05) is 54.9 Å². The summed E-state index contributed by atoms with van der Waals surface area (Å²) >= 11 is 0. The van der Waals surface area contributed by atoms with E-state index in [0.29, 0.717) is 29.3 Å². The minimum Gasteiger partial charge on any atom is -0.497 e. The maximum absolute atomic E-state index is 16.0. The summed E-state index contributed by atoms with van der Waals surface area (Å²) < 4.78 is 33.6. The van der Waals surface area contributed by atoms with Crippen molar-refractivity contribution < 1.29 is 33.0 Å². The van der Waals surface area contributed by atoms with Gasteiger partial charge >= 0.3 is 0 Å². The van der Waals surface area contributed by atoms with E-state index in [9.17, 15) is 14.7 Å². The van der Waals surface area contributed by atoms with E-state index in [1.807, 2.05) is 43.3 Å². The highest BCUT2D eigenvalue weighted by Gasteiger charge is 2.48. The first kappa shape index (κ1) is 32.2. The SMILES string of the molecule is COc1ccc(C(=O)Nc2ccc3c(c2)[C@H](OC)[C@@H](C)[C@H](C(CC(=O)N(CCO)Cc2ccccc2)[Si](C)(C)F)O3)cc1. The standard InChI is InChI=1S/C33H41FN2O6Si/c1-22-31(41-3)27-19-25(35-33(39)24-11-14-26(40-2)15-12-24)13-16-28(27)42-32(22)29(43(4,5)34)20-30(38)36(17-18-37)21-23-9-7-6-8-10-23/h6-16,19,22,29,31-32,37H,17-18,20-21H2,1-5H3,(H,35,39)/t22-,29?,31-,32-/m1/s1. The van der Waals surface area contributed by atoms with Crippen molar-refractivity contribution in [3.8, 4) is 11.5 Å². The second-order valence-corrected chi connectivity index (χ2v) is 15.3. The van der Waals surface area contributed by atoms with E-state index < -0.39 is 26.2 Å². The van der Waals surface area contributed by atoms with Crippen molar-refractivity contribution in [2.75, 3.05) is 32.7 Å². The van der Waals surface area contributed by atoms with Crippen molar-refractivity contribution in [2.45, 2.75) is 50.7 Å². The third kappa shape index (κ3) is 7.81. The van der Waals surface area contributed by atoms with E-state index in [1.165, 1.54) is 0 Å². The zero-order chi connectivity index (χ0) is 31.1. The number of benzene rings is 3. The lowest BCUT2D eigenvalue weighted by Gasteiger charge is -2.43. The summed E-state index contributed by atoms with van der Waals surface area (Å²) in [5.74, 6) is 0.403. The predicted molar refractivity (Wildman–Crippen MR) is 167 cm³/mol. The summed E-state index contributed by atoms with van der Waals surface area (Å²) in [6.45, 7) is 5.44. The van der Waals surface area contributed by atoms with E-state index in [-0.39, 0.29) is 37.3 Å². The van der Waals surface area contributed by atoms with Gasteiger partial charge in [0.1, 0.15) is 17.6 Å². The molecular weight excluding hydrogens is 567 g/mol. The summed E-state index contributed by atoms with van der Waals surface area (Å²) in [7, 11) is -0.276. The Morgan fingerprint density at radius 1 is 1.07 bits per heavy atom. The third-order valence-corrected chi connectivity index (χ3v) is 10.3. The highest BCUT2D eigenvalue weighted by atomic mass is 28.4. The Kier molecular flexibility index (Phi) is 10.6. The van der Waals surface area contributed by atoms with E-state index in [4.69, 9.17) is 14.2 Å². The lowest BCUT2D eigenvalue weighted by Crippen LogP contribution is -2.48.